The summed E-state index contributed by atoms with van der Waals surface area (Å²) in [4.78, 5) is 0. The molecule has 0 aliphatic heterocycles. The van der Waals surface area contributed by atoms with Gasteiger partial charge in [-0.05, 0) is 20.8 Å². The molecule has 0 aromatic carbocycles. The highest BCUT2D eigenvalue weighted by molar-refractivity contribution is 5.41. The van der Waals surface area contributed by atoms with Crippen LogP contribution >= 0.6 is 0 Å². The van der Waals surface area contributed by atoms with Crippen LogP contribution in [0.3, 0.4) is 0 Å². The fourth-order valence-corrected chi connectivity index (χ4v) is 0.153. The Kier molecular flexibility index (Phi) is 1.81. The number of hydrogen-bond acceptors (Lipinski definition) is 2. The van der Waals surface area contributed by atoms with E-state index in [9.17, 15) is 0 Å². The molecule has 0 aromatic heterocycles. The molecule has 41 valence electrons. The molecular formula is C5H10NO. The molecule has 0 saturated heterocycles. The standard InChI is InChI=1S/C5H10NO/c1-5(2,3)7-4-6/h6H,1-3H3. The van der Waals surface area contributed by atoms with Gasteiger partial charge in [-0.3, -0.25) is 5.41 Å². The van der Waals surface area contributed by atoms with Crippen LogP contribution in [0.1, 0.15) is 20.8 Å². The van der Waals surface area contributed by atoms with Gasteiger partial charge in [0.15, 0.2) is 0 Å². The predicted octanol–water partition coefficient (Wildman–Crippen LogP) is 1.29. The van der Waals surface area contributed by atoms with Gasteiger partial charge in [0.1, 0.15) is 5.60 Å². The van der Waals surface area contributed by atoms with Gasteiger partial charge < -0.3 is 4.74 Å². The number of nitrogens with one attached hydrogen (secondary N) is 1. The maximum Gasteiger partial charge on any atom is 0.270 e. The van der Waals surface area contributed by atoms with Crippen molar-refractivity contribution in [2.24, 2.45) is 0 Å². The van der Waals surface area contributed by atoms with Gasteiger partial charge in [0.25, 0.3) is 6.40 Å². The summed E-state index contributed by atoms with van der Waals surface area (Å²) in [5, 5.41) is 6.39. The molecule has 0 aliphatic rings. The van der Waals surface area contributed by atoms with Crippen molar-refractivity contribution in [1.29, 1.82) is 5.41 Å². The lowest BCUT2D eigenvalue weighted by Crippen LogP contribution is -2.17. The molecular weight excluding hydrogens is 90.1 g/mol. The van der Waals surface area contributed by atoms with Crippen LogP contribution in [0.2, 0.25) is 0 Å². The van der Waals surface area contributed by atoms with Gasteiger partial charge in [-0.1, -0.05) is 0 Å². The zero-order valence-electron chi connectivity index (χ0n) is 4.91. The van der Waals surface area contributed by atoms with Crippen molar-refractivity contribution in [3.05, 3.63) is 0 Å². The van der Waals surface area contributed by atoms with E-state index < -0.39 is 0 Å². The molecule has 0 unspecified atom stereocenters. The molecule has 0 amide bonds. The topological polar surface area (TPSA) is 33.1 Å². The van der Waals surface area contributed by atoms with Gasteiger partial charge in [-0.25, -0.2) is 0 Å². The summed E-state index contributed by atoms with van der Waals surface area (Å²) in [6, 6.07) is 0. The first-order chi connectivity index (χ1) is 3.06. The van der Waals surface area contributed by atoms with E-state index in [0.29, 0.717) is 0 Å². The summed E-state index contributed by atoms with van der Waals surface area (Å²) < 4.78 is 4.65. The molecule has 1 N–H and O–H groups in total. The molecule has 2 nitrogen and oxygen atoms in total. The van der Waals surface area contributed by atoms with Crippen molar-refractivity contribution in [3.63, 3.8) is 0 Å². The molecule has 0 aliphatic carbocycles. The van der Waals surface area contributed by atoms with E-state index in [0.717, 1.165) is 0 Å². The summed E-state index contributed by atoms with van der Waals surface area (Å²) in [7, 11) is 0. The summed E-state index contributed by atoms with van der Waals surface area (Å²) in [6.45, 7) is 5.61. The lowest BCUT2D eigenvalue weighted by molar-refractivity contribution is 0.125. The Bertz CT molecular complexity index is 63.0. The maximum absolute atomic E-state index is 6.39. The Morgan fingerprint density at radius 1 is 1.43 bits per heavy atom. The van der Waals surface area contributed by atoms with Crippen LogP contribution in [0.15, 0.2) is 0 Å². The van der Waals surface area contributed by atoms with E-state index >= 15 is 0 Å². The molecule has 1 radical (unpaired) electrons. The molecule has 0 rings (SSSR count). The van der Waals surface area contributed by atoms with Crippen LogP contribution in [0, 0.1) is 5.41 Å². The van der Waals surface area contributed by atoms with E-state index in [-0.39, 0.29) is 5.60 Å². The summed E-state index contributed by atoms with van der Waals surface area (Å²) >= 11 is 0. The van der Waals surface area contributed by atoms with Gasteiger partial charge in [-0.15, -0.1) is 0 Å². The number of hydrogen-bond donors (Lipinski definition) is 1. The first-order valence-electron chi connectivity index (χ1n) is 2.16. The number of rotatable bonds is 1. The summed E-state index contributed by atoms with van der Waals surface area (Å²) in [6.07, 6.45) is 1.86. The van der Waals surface area contributed by atoms with Crippen molar-refractivity contribution in [3.8, 4) is 0 Å². The molecule has 0 fully saturated rings. The third-order valence-corrected chi connectivity index (χ3v) is 0.357. The van der Waals surface area contributed by atoms with Crippen LogP contribution in [0.5, 0.6) is 0 Å². The lowest BCUT2D eigenvalue weighted by atomic mass is 10.2. The molecule has 7 heavy (non-hydrogen) atoms. The van der Waals surface area contributed by atoms with Crippen molar-refractivity contribution in [1.82, 2.24) is 0 Å². The molecule has 0 aromatic rings. The van der Waals surface area contributed by atoms with E-state index in [2.05, 4.69) is 4.74 Å². The quantitative estimate of drug-likeness (QED) is 0.391. The average molecular weight is 100 g/mol. The van der Waals surface area contributed by atoms with Crippen molar-refractivity contribution in [2.75, 3.05) is 0 Å². The van der Waals surface area contributed by atoms with Crippen LogP contribution in [0.25, 0.3) is 0 Å². The largest absolute Gasteiger partial charge is 0.469 e. The minimum atomic E-state index is -0.248. The highest BCUT2D eigenvalue weighted by Gasteiger charge is 2.07. The average Bonchev–Trinajstić information content (AvgIpc) is 1.30. The molecule has 0 saturated carbocycles. The Morgan fingerprint density at radius 3 is 1.86 bits per heavy atom. The van der Waals surface area contributed by atoms with Gasteiger partial charge >= 0.3 is 0 Å². The second-order valence-corrected chi connectivity index (χ2v) is 2.32. The van der Waals surface area contributed by atoms with Crippen molar-refractivity contribution >= 4 is 6.40 Å². The van der Waals surface area contributed by atoms with Crippen LogP contribution < -0.4 is 0 Å². The van der Waals surface area contributed by atoms with Gasteiger partial charge in [-0.2, -0.15) is 0 Å². The first kappa shape index (κ1) is 6.47. The molecule has 0 spiro atoms. The minimum Gasteiger partial charge on any atom is -0.469 e. The normalized spacial score (nSPS) is 10.7. The molecule has 0 atom stereocenters. The SMILES string of the molecule is CC(C)(C)O[C]=N. The third-order valence-electron chi connectivity index (χ3n) is 0.357. The third kappa shape index (κ3) is 5.47. The highest BCUT2D eigenvalue weighted by atomic mass is 16.5. The predicted molar refractivity (Wildman–Crippen MR) is 28.6 cm³/mol. The van der Waals surface area contributed by atoms with Gasteiger partial charge in [0.2, 0.25) is 0 Å². The zero-order chi connectivity index (χ0) is 5.91. The van der Waals surface area contributed by atoms with Crippen molar-refractivity contribution in [2.45, 2.75) is 26.4 Å². The lowest BCUT2D eigenvalue weighted by Gasteiger charge is -2.14. The fraction of sp³-hybridized carbons (Fsp3) is 0.800. The van der Waals surface area contributed by atoms with Crippen LogP contribution in [-0.4, -0.2) is 12.0 Å². The zero-order valence-corrected chi connectivity index (χ0v) is 4.91. The monoisotopic (exact) mass is 100 g/mol. The minimum absolute atomic E-state index is 0.248. The first-order valence-corrected chi connectivity index (χ1v) is 2.16. The second-order valence-electron chi connectivity index (χ2n) is 2.32. The summed E-state index contributed by atoms with van der Waals surface area (Å²) in [5.41, 5.74) is -0.248. The van der Waals surface area contributed by atoms with E-state index in [1.807, 2.05) is 27.2 Å². The van der Waals surface area contributed by atoms with Gasteiger partial charge in [0, 0.05) is 0 Å². The van der Waals surface area contributed by atoms with E-state index in [1.54, 1.807) is 0 Å². The molecule has 0 heterocycles. The molecule has 0 bridgehead atoms. The van der Waals surface area contributed by atoms with E-state index in [1.165, 1.54) is 0 Å². The Morgan fingerprint density at radius 2 is 1.86 bits per heavy atom. The second kappa shape index (κ2) is 1.96. The maximum atomic E-state index is 6.39. The Labute approximate surface area is 44.0 Å². The Balaban J connectivity index is 3.34. The van der Waals surface area contributed by atoms with Crippen LogP contribution in [0.4, 0.5) is 0 Å². The van der Waals surface area contributed by atoms with Gasteiger partial charge in [0.05, 0.1) is 0 Å². The fourth-order valence-electron chi connectivity index (χ4n) is 0.153. The number of ether oxygens (including phenoxy) is 1. The summed E-state index contributed by atoms with van der Waals surface area (Å²) in [5.74, 6) is 0. The Hall–Kier alpha value is -0.530. The highest BCUT2D eigenvalue weighted by Crippen LogP contribution is 2.02. The molecule has 2 heteroatoms. The van der Waals surface area contributed by atoms with Crippen molar-refractivity contribution < 1.29 is 4.74 Å². The van der Waals surface area contributed by atoms with Crippen LogP contribution in [-0.2, 0) is 4.74 Å². The smallest absolute Gasteiger partial charge is 0.270 e. The van der Waals surface area contributed by atoms with E-state index in [4.69, 9.17) is 5.41 Å².